The number of rotatable bonds is 8. The van der Waals surface area contributed by atoms with Gasteiger partial charge in [-0.25, -0.2) is 9.59 Å². The Hall–Kier alpha value is -2.76. The first-order chi connectivity index (χ1) is 14.0. The van der Waals surface area contributed by atoms with Gasteiger partial charge in [0.05, 0.1) is 36.9 Å². The Kier molecular flexibility index (Phi) is 6.62. The monoisotopic (exact) mass is 399 g/mol. The lowest BCUT2D eigenvalue weighted by Crippen LogP contribution is -2.32. The molecule has 1 aliphatic heterocycles. The van der Waals surface area contributed by atoms with Crippen molar-refractivity contribution in [3.8, 4) is 5.75 Å². The average molecular weight is 399 g/mol. The number of carbonyl (C=O) groups is 2. The third-order valence-corrected chi connectivity index (χ3v) is 5.15. The summed E-state index contributed by atoms with van der Waals surface area (Å²) in [5, 5.41) is 3.15. The number of hydrogen-bond donors (Lipinski definition) is 1. The maximum Gasteiger partial charge on any atom is 0.336 e. The predicted molar refractivity (Wildman–Crippen MR) is 109 cm³/mol. The van der Waals surface area contributed by atoms with Gasteiger partial charge in [0.25, 0.3) is 0 Å². The molecule has 1 aromatic rings. The highest BCUT2D eigenvalue weighted by atomic mass is 16.5. The molecule has 1 fully saturated rings. The first-order valence-corrected chi connectivity index (χ1v) is 10.2. The van der Waals surface area contributed by atoms with Crippen molar-refractivity contribution in [2.24, 2.45) is 5.92 Å². The molecule has 0 unspecified atom stereocenters. The molecular formula is C23H29NO5. The van der Waals surface area contributed by atoms with Gasteiger partial charge in [-0.3, -0.25) is 0 Å². The van der Waals surface area contributed by atoms with Crippen molar-refractivity contribution in [2.75, 3.05) is 19.8 Å². The van der Waals surface area contributed by atoms with E-state index in [1.807, 2.05) is 38.1 Å². The van der Waals surface area contributed by atoms with Gasteiger partial charge in [0, 0.05) is 17.0 Å². The maximum absolute atomic E-state index is 12.9. The normalized spacial score (nSPS) is 17.1. The molecule has 0 atom stereocenters. The zero-order valence-corrected chi connectivity index (χ0v) is 17.5. The summed E-state index contributed by atoms with van der Waals surface area (Å²) in [7, 11) is 0. The first kappa shape index (κ1) is 21.0. The van der Waals surface area contributed by atoms with E-state index in [4.69, 9.17) is 14.2 Å². The van der Waals surface area contributed by atoms with Gasteiger partial charge in [-0.1, -0.05) is 18.2 Å². The van der Waals surface area contributed by atoms with Crippen LogP contribution in [0.5, 0.6) is 5.75 Å². The quantitative estimate of drug-likeness (QED) is 0.670. The molecule has 6 nitrogen and oxygen atoms in total. The Morgan fingerprint density at radius 2 is 1.52 bits per heavy atom. The SMILES string of the molecule is CCOC(=O)C1=C(C)NC(C)=C(C(=O)OCC)C1c1ccccc1OCC1CC1. The Balaban J connectivity index is 2.10. The lowest BCUT2D eigenvalue weighted by atomic mass is 9.80. The van der Waals surface area contributed by atoms with Gasteiger partial charge in [0.1, 0.15) is 5.75 Å². The number of hydrogen-bond acceptors (Lipinski definition) is 6. The van der Waals surface area contributed by atoms with Crippen molar-refractivity contribution < 1.29 is 23.8 Å². The molecule has 1 heterocycles. The van der Waals surface area contributed by atoms with Crippen LogP contribution in [-0.2, 0) is 19.1 Å². The molecule has 1 aliphatic carbocycles. The molecule has 1 saturated carbocycles. The summed E-state index contributed by atoms with van der Waals surface area (Å²) in [4.78, 5) is 25.8. The molecule has 2 aliphatic rings. The number of ether oxygens (including phenoxy) is 3. The number of esters is 2. The van der Waals surface area contributed by atoms with Crippen molar-refractivity contribution in [3.05, 3.63) is 52.4 Å². The Morgan fingerprint density at radius 3 is 2.03 bits per heavy atom. The van der Waals surface area contributed by atoms with Crippen LogP contribution >= 0.6 is 0 Å². The van der Waals surface area contributed by atoms with Gasteiger partial charge in [0.15, 0.2) is 0 Å². The van der Waals surface area contributed by atoms with Crippen molar-refractivity contribution in [1.82, 2.24) is 5.32 Å². The summed E-state index contributed by atoms with van der Waals surface area (Å²) >= 11 is 0. The van der Waals surface area contributed by atoms with Crippen molar-refractivity contribution in [2.45, 2.75) is 46.5 Å². The van der Waals surface area contributed by atoms with Gasteiger partial charge in [-0.05, 0) is 52.5 Å². The largest absolute Gasteiger partial charge is 0.493 e. The zero-order valence-electron chi connectivity index (χ0n) is 17.5. The van der Waals surface area contributed by atoms with Crippen molar-refractivity contribution in [3.63, 3.8) is 0 Å². The van der Waals surface area contributed by atoms with Crippen molar-refractivity contribution in [1.29, 1.82) is 0 Å². The van der Waals surface area contributed by atoms with Crippen LogP contribution in [-0.4, -0.2) is 31.8 Å². The maximum atomic E-state index is 12.9. The van der Waals surface area contributed by atoms with Crippen LogP contribution in [0.3, 0.4) is 0 Å². The highest BCUT2D eigenvalue weighted by molar-refractivity contribution is 6.00. The van der Waals surface area contributed by atoms with E-state index in [0.717, 1.165) is 5.56 Å². The minimum atomic E-state index is -0.621. The number of benzene rings is 1. The fraction of sp³-hybridized carbons (Fsp3) is 0.478. The van der Waals surface area contributed by atoms with Gasteiger partial charge in [-0.2, -0.15) is 0 Å². The van der Waals surface area contributed by atoms with Crippen LogP contribution in [0.15, 0.2) is 46.8 Å². The summed E-state index contributed by atoms with van der Waals surface area (Å²) in [5.74, 6) is -0.262. The molecule has 0 saturated heterocycles. The lowest BCUT2D eigenvalue weighted by molar-refractivity contribution is -0.139. The highest BCUT2D eigenvalue weighted by Crippen LogP contribution is 2.43. The fourth-order valence-electron chi connectivity index (χ4n) is 3.61. The highest BCUT2D eigenvalue weighted by Gasteiger charge is 2.39. The van der Waals surface area contributed by atoms with E-state index >= 15 is 0 Å². The molecule has 0 aromatic heterocycles. The second kappa shape index (κ2) is 9.16. The summed E-state index contributed by atoms with van der Waals surface area (Å²) in [6.45, 7) is 8.30. The van der Waals surface area contributed by atoms with Crippen LogP contribution in [0.25, 0.3) is 0 Å². The van der Waals surface area contributed by atoms with E-state index in [0.29, 0.717) is 40.8 Å². The lowest BCUT2D eigenvalue weighted by Gasteiger charge is -2.31. The Labute approximate surface area is 171 Å². The Morgan fingerprint density at radius 1 is 0.966 bits per heavy atom. The topological polar surface area (TPSA) is 73.9 Å². The minimum Gasteiger partial charge on any atom is -0.493 e. The van der Waals surface area contributed by atoms with Crippen LogP contribution in [0.4, 0.5) is 0 Å². The van der Waals surface area contributed by atoms with E-state index in [-0.39, 0.29) is 13.2 Å². The fourth-order valence-corrected chi connectivity index (χ4v) is 3.61. The third-order valence-electron chi connectivity index (χ3n) is 5.15. The van der Waals surface area contributed by atoms with E-state index in [9.17, 15) is 9.59 Å². The van der Waals surface area contributed by atoms with E-state index in [1.54, 1.807) is 13.8 Å². The smallest absolute Gasteiger partial charge is 0.336 e. The molecule has 1 N–H and O–H groups in total. The number of dihydropyridines is 1. The number of nitrogens with one attached hydrogen (secondary N) is 1. The van der Waals surface area contributed by atoms with Crippen LogP contribution in [0, 0.1) is 5.92 Å². The Bertz CT molecular complexity index is 811. The molecule has 3 rings (SSSR count). The summed E-state index contributed by atoms with van der Waals surface area (Å²) < 4.78 is 16.7. The van der Waals surface area contributed by atoms with E-state index in [2.05, 4.69) is 5.32 Å². The molecule has 0 amide bonds. The molecule has 1 aromatic carbocycles. The van der Waals surface area contributed by atoms with Gasteiger partial charge in [-0.15, -0.1) is 0 Å². The molecular weight excluding hydrogens is 370 g/mol. The molecule has 0 spiro atoms. The molecule has 0 radical (unpaired) electrons. The molecule has 6 heteroatoms. The average Bonchev–Trinajstić information content (AvgIpc) is 3.50. The second-order valence-corrected chi connectivity index (χ2v) is 7.37. The number of para-hydroxylation sites is 1. The second-order valence-electron chi connectivity index (χ2n) is 7.37. The van der Waals surface area contributed by atoms with E-state index in [1.165, 1.54) is 12.8 Å². The minimum absolute atomic E-state index is 0.250. The van der Waals surface area contributed by atoms with Crippen LogP contribution in [0.1, 0.15) is 52.0 Å². The summed E-state index contributed by atoms with van der Waals surface area (Å²) in [6, 6.07) is 7.57. The number of carbonyl (C=O) groups excluding carboxylic acids is 2. The standard InChI is InChI=1S/C23H29NO5/c1-5-27-22(25)19-14(3)24-15(4)20(23(26)28-6-2)21(19)17-9-7-8-10-18(17)29-13-16-11-12-16/h7-10,16,21,24H,5-6,11-13H2,1-4H3. The van der Waals surface area contributed by atoms with Gasteiger partial charge >= 0.3 is 11.9 Å². The summed E-state index contributed by atoms with van der Waals surface area (Å²) in [5.41, 5.74) is 2.90. The summed E-state index contributed by atoms with van der Waals surface area (Å²) in [6.07, 6.45) is 2.35. The van der Waals surface area contributed by atoms with Gasteiger partial charge in [0.2, 0.25) is 0 Å². The number of allylic oxidation sites excluding steroid dienone is 2. The van der Waals surface area contributed by atoms with Crippen LogP contribution < -0.4 is 10.1 Å². The van der Waals surface area contributed by atoms with Crippen molar-refractivity contribution >= 4 is 11.9 Å². The van der Waals surface area contributed by atoms with Gasteiger partial charge < -0.3 is 19.5 Å². The molecule has 0 bridgehead atoms. The molecule has 29 heavy (non-hydrogen) atoms. The molecule has 156 valence electrons. The van der Waals surface area contributed by atoms with E-state index < -0.39 is 17.9 Å². The predicted octanol–water partition coefficient (Wildman–Crippen LogP) is 3.84. The van der Waals surface area contributed by atoms with Crippen LogP contribution in [0.2, 0.25) is 0 Å². The third kappa shape index (κ3) is 4.63. The zero-order chi connectivity index (χ0) is 21.0. The first-order valence-electron chi connectivity index (χ1n) is 10.2.